The summed E-state index contributed by atoms with van der Waals surface area (Å²) in [6.07, 6.45) is -0.485. The van der Waals surface area contributed by atoms with Crippen LogP contribution in [0.25, 0.3) is 0 Å². The van der Waals surface area contributed by atoms with E-state index in [0.29, 0.717) is 6.42 Å². The van der Waals surface area contributed by atoms with E-state index in [1.54, 1.807) is 27.7 Å². The van der Waals surface area contributed by atoms with E-state index < -0.39 is 23.3 Å². The topological polar surface area (TPSA) is 66.8 Å². The molecular weight excluding hydrogens is 208 g/mol. The van der Waals surface area contributed by atoms with Crippen LogP contribution >= 0.6 is 0 Å². The molecular formula is C12H24O4. The SMILES string of the molecule is CCC(O)C(C)(OC(=O)C(C)C)C(C)(C)O. The summed E-state index contributed by atoms with van der Waals surface area (Å²) in [4.78, 5) is 11.6. The van der Waals surface area contributed by atoms with Gasteiger partial charge in [0.25, 0.3) is 0 Å². The molecule has 0 aliphatic heterocycles. The highest BCUT2D eigenvalue weighted by atomic mass is 16.6. The quantitative estimate of drug-likeness (QED) is 0.705. The molecule has 0 aliphatic carbocycles. The third kappa shape index (κ3) is 3.19. The van der Waals surface area contributed by atoms with Gasteiger partial charge in [-0.3, -0.25) is 4.79 Å². The van der Waals surface area contributed by atoms with Gasteiger partial charge >= 0.3 is 5.97 Å². The Hall–Kier alpha value is -0.610. The van der Waals surface area contributed by atoms with Gasteiger partial charge in [-0.05, 0) is 27.2 Å². The zero-order chi connectivity index (χ0) is 13.1. The van der Waals surface area contributed by atoms with E-state index in [9.17, 15) is 15.0 Å². The van der Waals surface area contributed by atoms with E-state index in [4.69, 9.17) is 4.74 Å². The molecule has 0 fully saturated rings. The van der Waals surface area contributed by atoms with Gasteiger partial charge in [0.15, 0.2) is 5.60 Å². The minimum atomic E-state index is -1.30. The Bertz CT molecular complexity index is 242. The van der Waals surface area contributed by atoms with Gasteiger partial charge < -0.3 is 14.9 Å². The summed E-state index contributed by atoms with van der Waals surface area (Å²) in [5.74, 6) is -0.706. The Labute approximate surface area is 97.6 Å². The van der Waals surface area contributed by atoms with Crippen molar-refractivity contribution in [1.29, 1.82) is 0 Å². The van der Waals surface area contributed by atoms with E-state index >= 15 is 0 Å². The van der Waals surface area contributed by atoms with Crippen LogP contribution in [0.2, 0.25) is 0 Å². The molecule has 0 amide bonds. The lowest BCUT2D eigenvalue weighted by molar-refractivity contribution is -0.215. The van der Waals surface area contributed by atoms with Crippen molar-refractivity contribution in [1.82, 2.24) is 0 Å². The molecule has 0 heterocycles. The number of esters is 1. The Balaban J connectivity index is 5.04. The fourth-order valence-electron chi connectivity index (χ4n) is 1.32. The second kappa shape index (κ2) is 5.15. The Kier molecular flexibility index (Phi) is 4.95. The van der Waals surface area contributed by atoms with Crippen LogP contribution in [0.3, 0.4) is 0 Å². The van der Waals surface area contributed by atoms with Gasteiger partial charge in [-0.25, -0.2) is 0 Å². The molecule has 4 heteroatoms. The Morgan fingerprint density at radius 2 is 1.75 bits per heavy atom. The monoisotopic (exact) mass is 232 g/mol. The fourth-order valence-corrected chi connectivity index (χ4v) is 1.32. The number of hydrogen-bond donors (Lipinski definition) is 2. The van der Waals surface area contributed by atoms with Crippen molar-refractivity contribution in [3.05, 3.63) is 0 Å². The Morgan fingerprint density at radius 3 is 2.00 bits per heavy atom. The van der Waals surface area contributed by atoms with E-state index in [1.165, 1.54) is 13.8 Å². The third-order valence-corrected chi connectivity index (χ3v) is 3.02. The molecule has 0 rings (SSSR count). The number of aliphatic hydroxyl groups is 2. The van der Waals surface area contributed by atoms with Gasteiger partial charge in [-0.15, -0.1) is 0 Å². The molecule has 16 heavy (non-hydrogen) atoms. The lowest BCUT2D eigenvalue weighted by Crippen LogP contribution is -2.58. The Morgan fingerprint density at radius 1 is 1.31 bits per heavy atom. The van der Waals surface area contributed by atoms with Crippen LogP contribution in [0.1, 0.15) is 48.0 Å². The lowest BCUT2D eigenvalue weighted by atomic mass is 9.81. The molecule has 0 aromatic rings. The highest BCUT2D eigenvalue weighted by Crippen LogP contribution is 2.31. The zero-order valence-electron chi connectivity index (χ0n) is 11.1. The highest BCUT2D eigenvalue weighted by Gasteiger charge is 2.48. The number of aliphatic hydroxyl groups excluding tert-OH is 1. The third-order valence-electron chi connectivity index (χ3n) is 3.02. The van der Waals surface area contributed by atoms with Gasteiger partial charge in [-0.1, -0.05) is 20.8 Å². The first-order valence-corrected chi connectivity index (χ1v) is 5.69. The first kappa shape index (κ1) is 15.4. The summed E-state index contributed by atoms with van der Waals surface area (Å²) < 4.78 is 5.28. The molecule has 2 atom stereocenters. The average molecular weight is 232 g/mol. The minimum absolute atomic E-state index is 0.286. The number of rotatable bonds is 5. The molecule has 0 aromatic heterocycles. The van der Waals surface area contributed by atoms with Crippen molar-refractivity contribution in [3.63, 3.8) is 0 Å². The number of carbonyl (C=O) groups excluding carboxylic acids is 1. The standard InChI is InChI=1S/C12H24O4/c1-7-9(13)12(6,11(4,5)15)16-10(14)8(2)3/h8-9,13,15H,7H2,1-6H3. The summed E-state index contributed by atoms with van der Waals surface area (Å²) in [5, 5.41) is 19.9. The highest BCUT2D eigenvalue weighted by molar-refractivity contribution is 5.72. The van der Waals surface area contributed by atoms with Crippen LogP contribution in [-0.4, -0.2) is 33.5 Å². The van der Waals surface area contributed by atoms with Crippen molar-refractivity contribution in [2.24, 2.45) is 5.92 Å². The van der Waals surface area contributed by atoms with Crippen molar-refractivity contribution < 1.29 is 19.7 Å². The largest absolute Gasteiger partial charge is 0.453 e. The molecule has 0 aromatic carbocycles. The number of ether oxygens (including phenoxy) is 1. The number of carbonyl (C=O) groups is 1. The first-order valence-electron chi connectivity index (χ1n) is 5.69. The molecule has 96 valence electrons. The van der Waals surface area contributed by atoms with Gasteiger partial charge in [0.2, 0.25) is 0 Å². The van der Waals surface area contributed by atoms with Gasteiger partial charge in [0.1, 0.15) is 5.60 Å². The van der Waals surface area contributed by atoms with E-state index in [-0.39, 0.29) is 5.92 Å². The van der Waals surface area contributed by atoms with Gasteiger partial charge in [0.05, 0.1) is 12.0 Å². The summed E-state index contributed by atoms with van der Waals surface area (Å²) >= 11 is 0. The van der Waals surface area contributed by atoms with Crippen LogP contribution in [-0.2, 0) is 9.53 Å². The normalized spacial score (nSPS) is 18.1. The molecule has 0 radical (unpaired) electrons. The predicted octanol–water partition coefficient (Wildman–Crippen LogP) is 1.49. The second-order valence-electron chi connectivity index (χ2n) is 5.17. The smallest absolute Gasteiger partial charge is 0.309 e. The van der Waals surface area contributed by atoms with Crippen molar-refractivity contribution >= 4 is 5.97 Å². The second-order valence-corrected chi connectivity index (χ2v) is 5.17. The summed E-state index contributed by atoms with van der Waals surface area (Å²) in [5.41, 5.74) is -2.59. The summed E-state index contributed by atoms with van der Waals surface area (Å²) in [7, 11) is 0. The van der Waals surface area contributed by atoms with Crippen LogP contribution in [0, 0.1) is 5.92 Å². The zero-order valence-corrected chi connectivity index (χ0v) is 11.1. The maximum Gasteiger partial charge on any atom is 0.309 e. The van der Waals surface area contributed by atoms with Crippen molar-refractivity contribution in [3.8, 4) is 0 Å². The molecule has 0 saturated heterocycles. The van der Waals surface area contributed by atoms with Crippen molar-refractivity contribution in [2.45, 2.75) is 65.3 Å². The molecule has 0 saturated carbocycles. The fraction of sp³-hybridized carbons (Fsp3) is 0.917. The number of hydrogen-bond acceptors (Lipinski definition) is 4. The maximum absolute atomic E-state index is 11.6. The predicted molar refractivity (Wildman–Crippen MR) is 61.9 cm³/mol. The van der Waals surface area contributed by atoms with Crippen LogP contribution in [0.4, 0.5) is 0 Å². The summed E-state index contributed by atoms with van der Waals surface area (Å²) in [6.45, 7) is 9.81. The van der Waals surface area contributed by atoms with Gasteiger partial charge in [0, 0.05) is 0 Å². The summed E-state index contributed by atoms with van der Waals surface area (Å²) in [6, 6.07) is 0. The van der Waals surface area contributed by atoms with Crippen molar-refractivity contribution in [2.75, 3.05) is 0 Å². The molecule has 0 aliphatic rings. The average Bonchev–Trinajstić information content (AvgIpc) is 2.14. The van der Waals surface area contributed by atoms with Crippen LogP contribution in [0.5, 0.6) is 0 Å². The molecule has 4 nitrogen and oxygen atoms in total. The maximum atomic E-state index is 11.6. The van der Waals surface area contributed by atoms with E-state index in [0.717, 1.165) is 0 Å². The molecule has 0 bridgehead atoms. The van der Waals surface area contributed by atoms with Crippen LogP contribution < -0.4 is 0 Å². The molecule has 2 unspecified atom stereocenters. The van der Waals surface area contributed by atoms with Crippen LogP contribution in [0.15, 0.2) is 0 Å². The lowest BCUT2D eigenvalue weighted by Gasteiger charge is -2.43. The van der Waals surface area contributed by atoms with E-state index in [2.05, 4.69) is 0 Å². The first-order chi connectivity index (χ1) is 7.06. The minimum Gasteiger partial charge on any atom is -0.453 e. The van der Waals surface area contributed by atoms with E-state index in [1.807, 2.05) is 0 Å². The molecule has 0 spiro atoms. The molecule has 2 N–H and O–H groups in total. The van der Waals surface area contributed by atoms with Gasteiger partial charge in [-0.2, -0.15) is 0 Å².